The Morgan fingerprint density at radius 3 is 2.68 bits per heavy atom. The van der Waals surface area contributed by atoms with Gasteiger partial charge in [0.25, 0.3) is 5.91 Å². The number of hydrogen-bond donors (Lipinski definition) is 1. The molecule has 4 rings (SSSR count). The van der Waals surface area contributed by atoms with Crippen LogP contribution in [0, 0.1) is 0 Å². The zero-order valence-electron chi connectivity index (χ0n) is 13.1. The maximum absolute atomic E-state index is 13.5. The second kappa shape index (κ2) is 6.14. The number of rotatable bonds is 3. The molecule has 0 aliphatic heterocycles. The predicted molar refractivity (Wildman–Crippen MR) is 95.8 cm³/mol. The van der Waals surface area contributed by atoms with Gasteiger partial charge in [0.1, 0.15) is 0 Å². The Balaban J connectivity index is 1.86. The first kappa shape index (κ1) is 15.5. The van der Waals surface area contributed by atoms with Crippen molar-refractivity contribution in [2.45, 2.75) is 0 Å². The van der Waals surface area contributed by atoms with Gasteiger partial charge in [0, 0.05) is 36.4 Å². The van der Waals surface area contributed by atoms with Gasteiger partial charge < -0.3 is 5.32 Å². The van der Waals surface area contributed by atoms with Crippen LogP contribution in [-0.2, 0) is 0 Å². The normalized spacial score (nSPS) is 11.1. The fourth-order valence-corrected chi connectivity index (χ4v) is 3.17. The van der Waals surface area contributed by atoms with Crippen LogP contribution in [0.4, 0.5) is 3.89 Å². The van der Waals surface area contributed by atoms with Crippen molar-refractivity contribution in [2.24, 2.45) is 0 Å². The van der Waals surface area contributed by atoms with E-state index in [-0.39, 0.29) is 18.2 Å². The van der Waals surface area contributed by atoms with Crippen molar-refractivity contribution >= 4 is 40.2 Å². The van der Waals surface area contributed by atoms with E-state index in [1.807, 2.05) is 12.1 Å². The van der Waals surface area contributed by atoms with Gasteiger partial charge in [-0.3, -0.25) is 14.8 Å². The first-order valence-corrected chi connectivity index (χ1v) is 8.13. The number of carbonyl (C=O) groups is 1. The average molecular weight is 353 g/mol. The van der Waals surface area contributed by atoms with Crippen LogP contribution >= 0.6 is 12.3 Å². The Bertz CT molecular complexity index is 1090. The molecule has 1 N–H and O–H groups in total. The molecule has 0 aliphatic carbocycles. The molecule has 1 amide bonds. The molecule has 0 aromatic carbocycles. The van der Waals surface area contributed by atoms with Crippen LogP contribution in [-0.4, -0.2) is 31.9 Å². The molecule has 0 unspecified atom stereocenters. The van der Waals surface area contributed by atoms with Gasteiger partial charge in [0.05, 0.1) is 22.5 Å². The van der Waals surface area contributed by atoms with E-state index in [0.29, 0.717) is 28.1 Å². The lowest BCUT2D eigenvalue weighted by atomic mass is 10.2. The number of pyridine rings is 3. The quantitative estimate of drug-likeness (QED) is 0.611. The molecule has 124 valence electrons. The van der Waals surface area contributed by atoms with Gasteiger partial charge in [-0.1, -0.05) is 0 Å². The molecule has 0 spiro atoms. The van der Waals surface area contributed by atoms with E-state index in [2.05, 4.69) is 20.3 Å². The van der Waals surface area contributed by atoms with Crippen molar-refractivity contribution in [3.63, 3.8) is 0 Å². The third-order valence-corrected chi connectivity index (χ3v) is 4.47. The summed E-state index contributed by atoms with van der Waals surface area (Å²) in [4.78, 5) is 24.5. The smallest absolute Gasteiger partial charge is 0.252 e. The molecular weight excluding hydrogens is 341 g/mol. The van der Waals surface area contributed by atoms with Gasteiger partial charge >= 0.3 is 0 Å². The first-order valence-electron chi connectivity index (χ1n) is 7.45. The molecule has 0 saturated heterocycles. The molecule has 0 fully saturated rings. The highest BCUT2D eigenvalue weighted by Crippen LogP contribution is 2.32. The van der Waals surface area contributed by atoms with Crippen LogP contribution in [0.5, 0.6) is 0 Å². The fourth-order valence-electron chi connectivity index (χ4n) is 2.74. The Morgan fingerprint density at radius 1 is 1.12 bits per heavy atom. The van der Waals surface area contributed by atoms with Crippen LogP contribution in [0.1, 0.15) is 10.4 Å². The van der Waals surface area contributed by atoms with Crippen molar-refractivity contribution in [3.8, 4) is 11.4 Å². The Hall–Kier alpha value is -3.00. The summed E-state index contributed by atoms with van der Waals surface area (Å²) in [5.41, 5.74) is 2.89. The lowest BCUT2D eigenvalue weighted by Crippen LogP contribution is -2.17. The standard InChI is InChI=1S/C17H12FN5OS/c1-19-17(24)10-2-4-13(21-8-10)14-5-3-11-12-9-20-7-6-15(12)23(25-18)16(11)22-14/h2-9H,1H3,(H,19,24). The highest BCUT2D eigenvalue weighted by molar-refractivity contribution is 7.93. The number of fused-ring (bicyclic) bond motifs is 3. The molecule has 0 radical (unpaired) electrons. The van der Waals surface area contributed by atoms with Gasteiger partial charge in [0.2, 0.25) is 0 Å². The lowest BCUT2D eigenvalue weighted by molar-refractivity contribution is 0.0963. The number of nitrogens with zero attached hydrogens (tertiary/aromatic N) is 4. The van der Waals surface area contributed by atoms with Crippen molar-refractivity contribution in [1.29, 1.82) is 0 Å². The highest BCUT2D eigenvalue weighted by atomic mass is 32.2. The number of carbonyl (C=O) groups excluding carboxylic acids is 1. The summed E-state index contributed by atoms with van der Waals surface area (Å²) in [6, 6.07) is 8.85. The van der Waals surface area contributed by atoms with E-state index in [1.165, 1.54) is 10.2 Å². The van der Waals surface area contributed by atoms with Crippen molar-refractivity contribution in [2.75, 3.05) is 7.05 Å². The monoisotopic (exact) mass is 353 g/mol. The molecule has 25 heavy (non-hydrogen) atoms. The third-order valence-electron chi connectivity index (χ3n) is 3.96. The first-order chi connectivity index (χ1) is 12.2. The Kier molecular flexibility index (Phi) is 3.81. The topological polar surface area (TPSA) is 72.7 Å². The number of aromatic nitrogens is 4. The molecule has 4 heterocycles. The zero-order valence-corrected chi connectivity index (χ0v) is 13.9. The predicted octanol–water partition coefficient (Wildman–Crippen LogP) is 3.39. The maximum atomic E-state index is 13.5. The van der Waals surface area contributed by atoms with E-state index in [4.69, 9.17) is 0 Å². The van der Waals surface area contributed by atoms with Gasteiger partial charge in [0.15, 0.2) is 18.0 Å². The van der Waals surface area contributed by atoms with Gasteiger partial charge in [-0.05, 0) is 30.3 Å². The third kappa shape index (κ3) is 2.51. The van der Waals surface area contributed by atoms with Crippen molar-refractivity contribution in [1.82, 2.24) is 24.2 Å². The minimum absolute atomic E-state index is 0.101. The van der Waals surface area contributed by atoms with E-state index >= 15 is 0 Å². The number of nitrogens with one attached hydrogen (secondary N) is 1. The van der Waals surface area contributed by atoms with Gasteiger partial charge in [-0.2, -0.15) is 0 Å². The molecule has 0 atom stereocenters. The Labute approximate surface area is 146 Å². The van der Waals surface area contributed by atoms with Crippen molar-refractivity contribution < 1.29 is 8.68 Å². The summed E-state index contributed by atoms with van der Waals surface area (Å²) in [6.45, 7) is 0. The molecule has 0 aliphatic rings. The largest absolute Gasteiger partial charge is 0.355 e. The number of amides is 1. The van der Waals surface area contributed by atoms with Crippen molar-refractivity contribution in [3.05, 3.63) is 54.5 Å². The van der Waals surface area contributed by atoms with Gasteiger partial charge in [-0.25, -0.2) is 8.96 Å². The second-order valence-electron chi connectivity index (χ2n) is 5.34. The van der Waals surface area contributed by atoms with Crippen LogP contribution in [0.25, 0.3) is 33.3 Å². The summed E-state index contributed by atoms with van der Waals surface area (Å²) in [5, 5.41) is 4.20. The van der Waals surface area contributed by atoms with Crippen LogP contribution in [0.2, 0.25) is 0 Å². The van der Waals surface area contributed by atoms with Crippen LogP contribution < -0.4 is 5.32 Å². The average Bonchev–Trinajstić information content (AvgIpc) is 3.00. The van der Waals surface area contributed by atoms with Crippen LogP contribution in [0.15, 0.2) is 48.9 Å². The van der Waals surface area contributed by atoms with E-state index in [1.54, 1.807) is 37.6 Å². The Morgan fingerprint density at radius 2 is 1.96 bits per heavy atom. The maximum Gasteiger partial charge on any atom is 0.252 e. The summed E-state index contributed by atoms with van der Waals surface area (Å²) in [5.74, 6) is -0.205. The molecule has 4 aromatic rings. The summed E-state index contributed by atoms with van der Waals surface area (Å²) in [6.07, 6.45) is 4.81. The molecule has 4 aromatic heterocycles. The SMILES string of the molecule is CNC(=O)c1ccc(-c2ccc3c4cnccc4n(SF)c3n2)nc1. The lowest BCUT2D eigenvalue weighted by Gasteiger charge is -2.04. The molecule has 8 heteroatoms. The summed E-state index contributed by atoms with van der Waals surface area (Å²) >= 11 is 0.101. The molecule has 0 saturated carbocycles. The van der Waals surface area contributed by atoms with E-state index in [0.717, 1.165) is 10.8 Å². The number of halogens is 1. The fraction of sp³-hybridized carbons (Fsp3) is 0.0588. The van der Waals surface area contributed by atoms with E-state index in [9.17, 15) is 8.68 Å². The minimum Gasteiger partial charge on any atom is -0.355 e. The molecule has 0 bridgehead atoms. The number of hydrogen-bond acceptors (Lipinski definition) is 5. The second-order valence-corrected chi connectivity index (χ2v) is 5.84. The van der Waals surface area contributed by atoms with E-state index < -0.39 is 0 Å². The minimum atomic E-state index is -0.205. The van der Waals surface area contributed by atoms with Gasteiger partial charge in [-0.15, -0.1) is 3.89 Å². The summed E-state index contributed by atoms with van der Waals surface area (Å²) < 4.78 is 14.9. The van der Waals surface area contributed by atoms with Crippen LogP contribution in [0.3, 0.4) is 0 Å². The zero-order chi connectivity index (χ0) is 17.4. The molecular formula is C17H12FN5OS. The summed E-state index contributed by atoms with van der Waals surface area (Å²) in [7, 11) is 1.56. The molecule has 6 nitrogen and oxygen atoms in total. The highest BCUT2D eigenvalue weighted by Gasteiger charge is 2.14.